The normalized spacial score (nSPS) is 12.1. The summed E-state index contributed by atoms with van der Waals surface area (Å²) >= 11 is 0. The summed E-state index contributed by atoms with van der Waals surface area (Å²) in [5.41, 5.74) is 0. The smallest absolute Gasteiger partial charge is 0.306 e. The van der Waals surface area contributed by atoms with Crippen molar-refractivity contribution in [1.29, 1.82) is 0 Å². The molecule has 60 heavy (non-hydrogen) atoms. The fraction of sp³-hybridized carbons (Fsp3) is 0.944. The van der Waals surface area contributed by atoms with E-state index >= 15 is 0 Å². The van der Waals surface area contributed by atoms with Crippen LogP contribution in [0.4, 0.5) is 0 Å². The summed E-state index contributed by atoms with van der Waals surface area (Å²) < 4.78 is 16.8. The number of esters is 3. The first-order valence-electron chi connectivity index (χ1n) is 26.7. The van der Waals surface area contributed by atoms with Crippen molar-refractivity contribution in [2.24, 2.45) is 11.8 Å². The topological polar surface area (TPSA) is 78.9 Å². The van der Waals surface area contributed by atoms with Crippen LogP contribution in [0.2, 0.25) is 0 Å². The molecule has 1 atom stereocenters. The van der Waals surface area contributed by atoms with Gasteiger partial charge in [-0.1, -0.05) is 259 Å². The van der Waals surface area contributed by atoms with Crippen molar-refractivity contribution in [3.05, 3.63) is 0 Å². The summed E-state index contributed by atoms with van der Waals surface area (Å²) in [6, 6.07) is 0. The Morgan fingerprint density at radius 1 is 0.317 bits per heavy atom. The minimum atomic E-state index is -0.761. The number of ether oxygens (including phenoxy) is 3. The number of carbonyl (C=O) groups is 3. The molecule has 0 amide bonds. The molecule has 6 heteroatoms. The van der Waals surface area contributed by atoms with Gasteiger partial charge >= 0.3 is 17.9 Å². The van der Waals surface area contributed by atoms with Gasteiger partial charge in [0.25, 0.3) is 0 Å². The molecule has 6 nitrogen and oxygen atoms in total. The van der Waals surface area contributed by atoms with E-state index in [2.05, 4.69) is 34.6 Å². The van der Waals surface area contributed by atoms with E-state index in [4.69, 9.17) is 14.2 Å². The summed E-state index contributed by atoms with van der Waals surface area (Å²) in [6.45, 7) is 11.4. The van der Waals surface area contributed by atoms with Crippen LogP contribution in [-0.4, -0.2) is 37.2 Å². The van der Waals surface area contributed by atoms with Gasteiger partial charge in [-0.25, -0.2) is 0 Å². The SMILES string of the molecule is CCCCCCCCCCCCCCC(=O)O[C@@H](COC(=O)CCCCCCCCCCCCCCCCC(C)C)COC(=O)CCCCCCCCCCCCC(C)C. The van der Waals surface area contributed by atoms with Gasteiger partial charge in [0.2, 0.25) is 0 Å². The van der Waals surface area contributed by atoms with E-state index in [0.717, 1.165) is 69.6 Å². The van der Waals surface area contributed by atoms with Gasteiger partial charge in [0.05, 0.1) is 0 Å². The van der Waals surface area contributed by atoms with E-state index in [-0.39, 0.29) is 31.1 Å². The molecule has 0 aliphatic heterocycles. The average Bonchev–Trinajstić information content (AvgIpc) is 3.22. The average molecular weight is 849 g/mol. The lowest BCUT2D eigenvalue weighted by Crippen LogP contribution is -2.30. The first kappa shape index (κ1) is 58.4. The van der Waals surface area contributed by atoms with E-state index in [0.29, 0.717) is 19.3 Å². The Morgan fingerprint density at radius 2 is 0.550 bits per heavy atom. The molecule has 0 aliphatic carbocycles. The van der Waals surface area contributed by atoms with Crippen LogP contribution in [0.3, 0.4) is 0 Å². The number of carbonyl (C=O) groups excluding carboxylic acids is 3. The molecule has 0 saturated carbocycles. The van der Waals surface area contributed by atoms with E-state index in [9.17, 15) is 14.4 Å². The Labute approximate surface area is 374 Å². The van der Waals surface area contributed by atoms with E-state index < -0.39 is 6.10 Å². The van der Waals surface area contributed by atoms with Gasteiger partial charge in [-0.15, -0.1) is 0 Å². The minimum absolute atomic E-state index is 0.0633. The molecule has 0 aromatic heterocycles. The maximum atomic E-state index is 12.8. The minimum Gasteiger partial charge on any atom is -0.462 e. The van der Waals surface area contributed by atoms with E-state index in [1.54, 1.807) is 0 Å². The summed E-state index contributed by atoms with van der Waals surface area (Å²) in [5, 5.41) is 0. The van der Waals surface area contributed by atoms with Crippen molar-refractivity contribution < 1.29 is 28.6 Å². The molecule has 0 aromatic carbocycles. The van der Waals surface area contributed by atoms with Crippen molar-refractivity contribution in [2.75, 3.05) is 13.2 Å². The molecule has 0 saturated heterocycles. The van der Waals surface area contributed by atoms with Crippen molar-refractivity contribution >= 4 is 17.9 Å². The van der Waals surface area contributed by atoms with Crippen LogP contribution in [0.1, 0.15) is 298 Å². The molecule has 0 fully saturated rings. The largest absolute Gasteiger partial charge is 0.462 e. The van der Waals surface area contributed by atoms with Crippen LogP contribution in [0.5, 0.6) is 0 Å². The third-order valence-corrected chi connectivity index (χ3v) is 12.2. The molecule has 0 bridgehead atoms. The fourth-order valence-corrected chi connectivity index (χ4v) is 8.17. The van der Waals surface area contributed by atoms with Gasteiger partial charge < -0.3 is 14.2 Å². The molecule has 0 spiro atoms. The predicted molar refractivity (Wildman–Crippen MR) is 256 cm³/mol. The molecule has 0 unspecified atom stereocenters. The van der Waals surface area contributed by atoms with Crippen molar-refractivity contribution in [2.45, 2.75) is 304 Å². The quantitative estimate of drug-likeness (QED) is 0.0345. The highest BCUT2D eigenvalue weighted by molar-refractivity contribution is 5.71. The first-order valence-corrected chi connectivity index (χ1v) is 26.7. The Balaban J connectivity index is 4.28. The molecule has 0 rings (SSSR count). The van der Waals surface area contributed by atoms with Crippen LogP contribution in [0.25, 0.3) is 0 Å². The molecular formula is C54H104O6. The fourth-order valence-electron chi connectivity index (χ4n) is 8.17. The Bertz CT molecular complexity index is 916. The Kier molecular flexibility index (Phi) is 45.7. The molecule has 0 aromatic rings. The Hall–Kier alpha value is -1.59. The first-order chi connectivity index (χ1) is 29.2. The molecular weight excluding hydrogens is 745 g/mol. The number of hydrogen-bond acceptors (Lipinski definition) is 6. The van der Waals surface area contributed by atoms with Gasteiger partial charge in [0.1, 0.15) is 13.2 Å². The zero-order valence-electron chi connectivity index (χ0n) is 41.1. The molecule has 356 valence electrons. The van der Waals surface area contributed by atoms with Crippen LogP contribution in [0, 0.1) is 11.8 Å². The maximum absolute atomic E-state index is 12.8. The third kappa shape index (κ3) is 47.5. The van der Waals surface area contributed by atoms with Gasteiger partial charge in [0.15, 0.2) is 6.10 Å². The van der Waals surface area contributed by atoms with E-state index in [1.165, 1.54) is 186 Å². The van der Waals surface area contributed by atoms with Gasteiger partial charge in [-0.05, 0) is 31.1 Å². The molecule has 0 heterocycles. The lowest BCUT2D eigenvalue weighted by Gasteiger charge is -2.18. The van der Waals surface area contributed by atoms with Crippen molar-refractivity contribution in [1.82, 2.24) is 0 Å². The van der Waals surface area contributed by atoms with Crippen LogP contribution in [-0.2, 0) is 28.6 Å². The highest BCUT2D eigenvalue weighted by Gasteiger charge is 2.19. The van der Waals surface area contributed by atoms with Crippen LogP contribution < -0.4 is 0 Å². The Morgan fingerprint density at radius 3 is 0.817 bits per heavy atom. The zero-order chi connectivity index (χ0) is 44.0. The number of unbranched alkanes of at least 4 members (excludes halogenated alkanes) is 33. The van der Waals surface area contributed by atoms with Crippen molar-refractivity contribution in [3.63, 3.8) is 0 Å². The lowest BCUT2D eigenvalue weighted by molar-refractivity contribution is -0.167. The molecule has 0 radical (unpaired) electrons. The standard InChI is InChI=1S/C54H104O6/c1-6-7-8-9-10-11-12-18-26-31-36-41-46-54(57)60-51(48-59-53(56)45-40-35-30-25-21-20-23-28-33-38-43-50(4)5)47-58-52(55)44-39-34-29-24-19-16-14-13-15-17-22-27-32-37-42-49(2)3/h49-51H,6-48H2,1-5H3/t51-/m0/s1. The lowest BCUT2D eigenvalue weighted by atomic mass is 10.0. The van der Waals surface area contributed by atoms with Crippen LogP contribution >= 0.6 is 0 Å². The maximum Gasteiger partial charge on any atom is 0.306 e. The van der Waals surface area contributed by atoms with Gasteiger partial charge in [0, 0.05) is 19.3 Å². The van der Waals surface area contributed by atoms with Crippen LogP contribution in [0.15, 0.2) is 0 Å². The monoisotopic (exact) mass is 849 g/mol. The second kappa shape index (κ2) is 46.9. The number of rotatable bonds is 48. The second-order valence-electron chi connectivity index (χ2n) is 19.5. The zero-order valence-corrected chi connectivity index (χ0v) is 41.1. The summed E-state index contributed by atoms with van der Waals surface area (Å²) in [6.07, 6.45) is 48.0. The second-order valence-corrected chi connectivity index (χ2v) is 19.5. The summed E-state index contributed by atoms with van der Waals surface area (Å²) in [7, 11) is 0. The van der Waals surface area contributed by atoms with Crippen molar-refractivity contribution in [3.8, 4) is 0 Å². The molecule has 0 aliphatic rings. The highest BCUT2D eigenvalue weighted by atomic mass is 16.6. The predicted octanol–water partition coefficient (Wildman–Crippen LogP) is 17.3. The number of hydrogen-bond donors (Lipinski definition) is 0. The van der Waals surface area contributed by atoms with E-state index in [1.807, 2.05) is 0 Å². The highest BCUT2D eigenvalue weighted by Crippen LogP contribution is 2.17. The summed E-state index contributed by atoms with van der Waals surface area (Å²) in [4.78, 5) is 38.0. The van der Waals surface area contributed by atoms with Gasteiger partial charge in [-0.2, -0.15) is 0 Å². The molecule has 0 N–H and O–H groups in total. The van der Waals surface area contributed by atoms with Gasteiger partial charge in [-0.3, -0.25) is 14.4 Å². The third-order valence-electron chi connectivity index (χ3n) is 12.2. The summed E-state index contributed by atoms with van der Waals surface area (Å²) in [5.74, 6) is 0.818.